The van der Waals surface area contributed by atoms with Crippen molar-refractivity contribution in [1.29, 1.82) is 0 Å². The van der Waals surface area contributed by atoms with Crippen molar-refractivity contribution in [3.8, 4) is 0 Å². The van der Waals surface area contributed by atoms with Crippen molar-refractivity contribution in [2.75, 3.05) is 7.05 Å². The number of amides is 1. The van der Waals surface area contributed by atoms with Gasteiger partial charge in [-0.05, 0) is 45.4 Å². The predicted molar refractivity (Wildman–Crippen MR) is 94.2 cm³/mol. The second-order valence-electron chi connectivity index (χ2n) is 7.05. The van der Waals surface area contributed by atoms with Gasteiger partial charge >= 0.3 is 0 Å². The molecule has 2 heterocycles. The molecule has 0 N–H and O–H groups in total. The van der Waals surface area contributed by atoms with Gasteiger partial charge in [-0.15, -0.1) is 11.3 Å². The maximum Gasteiger partial charge on any atom is 0.230 e. The van der Waals surface area contributed by atoms with E-state index in [2.05, 4.69) is 17.0 Å². The first-order valence-corrected chi connectivity index (χ1v) is 9.61. The third-order valence-electron chi connectivity index (χ3n) is 5.36. The number of carbonyl (C=O) groups is 1. The molecule has 2 aliphatic carbocycles. The van der Waals surface area contributed by atoms with Crippen LogP contribution < -0.4 is 0 Å². The van der Waals surface area contributed by atoms with Gasteiger partial charge in [0.25, 0.3) is 0 Å². The quantitative estimate of drug-likeness (QED) is 0.841. The van der Waals surface area contributed by atoms with Crippen LogP contribution in [0, 0.1) is 6.92 Å². The van der Waals surface area contributed by atoms with Crippen LogP contribution in [-0.2, 0) is 24.7 Å². The highest BCUT2D eigenvalue weighted by atomic mass is 32.1. The molecule has 5 nitrogen and oxygen atoms in total. The Morgan fingerprint density at radius 3 is 2.88 bits per heavy atom. The van der Waals surface area contributed by atoms with Gasteiger partial charge in [-0.1, -0.05) is 0 Å². The summed E-state index contributed by atoms with van der Waals surface area (Å²) in [5.41, 5.74) is 3.45. The highest BCUT2D eigenvalue weighted by molar-refractivity contribution is 7.11. The molecular formula is C18H24N4OS. The van der Waals surface area contributed by atoms with E-state index in [4.69, 9.17) is 0 Å². The summed E-state index contributed by atoms with van der Waals surface area (Å²) in [5.74, 6) is 0.208. The molecule has 6 heteroatoms. The fourth-order valence-corrected chi connectivity index (χ4v) is 5.36. The normalized spacial score (nSPS) is 22.8. The molecule has 2 aliphatic rings. The fraction of sp³-hybridized carbons (Fsp3) is 0.611. The van der Waals surface area contributed by atoms with Crippen LogP contribution in [0.1, 0.15) is 64.5 Å². The Hall–Kier alpha value is -1.69. The largest absolute Gasteiger partial charge is 0.337 e. The average Bonchev–Trinajstić information content (AvgIpc) is 3.13. The van der Waals surface area contributed by atoms with Crippen LogP contribution in [0.15, 0.2) is 6.20 Å². The summed E-state index contributed by atoms with van der Waals surface area (Å²) in [6.07, 6.45) is 8.21. The van der Waals surface area contributed by atoms with E-state index in [-0.39, 0.29) is 17.9 Å². The Kier molecular flexibility index (Phi) is 3.95. The van der Waals surface area contributed by atoms with Crippen molar-refractivity contribution in [3.63, 3.8) is 0 Å². The van der Waals surface area contributed by atoms with Gasteiger partial charge in [0, 0.05) is 25.9 Å². The number of hydrogen-bond acceptors (Lipinski definition) is 4. The maximum absolute atomic E-state index is 13.3. The third kappa shape index (κ3) is 2.57. The Labute approximate surface area is 146 Å². The predicted octanol–water partition coefficient (Wildman–Crippen LogP) is 3.14. The second-order valence-corrected chi connectivity index (χ2v) is 8.29. The summed E-state index contributed by atoms with van der Waals surface area (Å²) in [6.45, 7) is 2.06. The Morgan fingerprint density at radius 1 is 1.29 bits per heavy atom. The minimum Gasteiger partial charge on any atom is -0.337 e. The molecule has 0 aromatic carbocycles. The van der Waals surface area contributed by atoms with Crippen molar-refractivity contribution >= 4 is 17.2 Å². The summed E-state index contributed by atoms with van der Waals surface area (Å²) in [4.78, 5) is 21.2. The number of thiazole rings is 1. The molecule has 0 aliphatic heterocycles. The average molecular weight is 344 g/mol. The molecule has 0 saturated heterocycles. The Morgan fingerprint density at radius 2 is 2.04 bits per heavy atom. The molecule has 0 fully saturated rings. The molecule has 2 atom stereocenters. The van der Waals surface area contributed by atoms with Crippen LogP contribution in [0.25, 0.3) is 0 Å². The fourth-order valence-electron chi connectivity index (χ4n) is 4.21. The van der Waals surface area contributed by atoms with Crippen molar-refractivity contribution < 1.29 is 4.79 Å². The zero-order valence-electron chi connectivity index (χ0n) is 14.6. The van der Waals surface area contributed by atoms with E-state index in [0.29, 0.717) is 0 Å². The highest BCUT2D eigenvalue weighted by Gasteiger charge is 2.35. The molecule has 0 spiro atoms. The maximum atomic E-state index is 13.3. The van der Waals surface area contributed by atoms with Gasteiger partial charge in [-0.3, -0.25) is 9.48 Å². The lowest BCUT2D eigenvalue weighted by Gasteiger charge is -2.34. The first kappa shape index (κ1) is 15.8. The van der Waals surface area contributed by atoms with Crippen molar-refractivity contribution in [2.24, 2.45) is 7.05 Å². The second kappa shape index (κ2) is 5.99. The van der Waals surface area contributed by atoms with E-state index in [9.17, 15) is 4.79 Å². The van der Waals surface area contributed by atoms with Gasteiger partial charge in [-0.2, -0.15) is 5.10 Å². The van der Waals surface area contributed by atoms with Gasteiger partial charge < -0.3 is 4.90 Å². The lowest BCUT2D eigenvalue weighted by molar-refractivity contribution is -0.134. The van der Waals surface area contributed by atoms with E-state index in [1.165, 1.54) is 10.6 Å². The monoisotopic (exact) mass is 344 g/mol. The van der Waals surface area contributed by atoms with Crippen LogP contribution in [-0.4, -0.2) is 32.6 Å². The van der Waals surface area contributed by atoms with Gasteiger partial charge in [0.05, 0.1) is 33.2 Å². The topological polar surface area (TPSA) is 51.0 Å². The summed E-state index contributed by atoms with van der Waals surface area (Å²) in [5, 5.41) is 5.64. The third-order valence-corrected chi connectivity index (χ3v) is 6.48. The van der Waals surface area contributed by atoms with E-state index < -0.39 is 0 Å². The molecule has 0 radical (unpaired) electrons. The van der Waals surface area contributed by atoms with E-state index in [1.54, 1.807) is 11.3 Å². The van der Waals surface area contributed by atoms with Gasteiger partial charge in [0.1, 0.15) is 0 Å². The first-order valence-electron chi connectivity index (χ1n) is 8.80. The van der Waals surface area contributed by atoms with E-state index in [0.717, 1.165) is 54.8 Å². The molecule has 1 amide bonds. The number of fused-ring (bicyclic) bond motifs is 2. The lowest BCUT2D eigenvalue weighted by Crippen LogP contribution is -2.37. The first-order chi connectivity index (χ1) is 11.5. The minimum absolute atomic E-state index is 0.0353. The number of rotatable bonds is 2. The number of aryl methyl sites for hydroxylation is 4. The highest BCUT2D eigenvalue weighted by Crippen LogP contribution is 2.40. The number of nitrogens with zero attached hydrogens (tertiary/aromatic N) is 4. The minimum atomic E-state index is -0.0353. The molecule has 2 aromatic rings. The van der Waals surface area contributed by atoms with Gasteiger partial charge in [-0.25, -0.2) is 4.98 Å². The van der Waals surface area contributed by atoms with Crippen LogP contribution in [0.2, 0.25) is 0 Å². The van der Waals surface area contributed by atoms with E-state index >= 15 is 0 Å². The summed E-state index contributed by atoms with van der Waals surface area (Å²) < 4.78 is 1.85. The van der Waals surface area contributed by atoms with Crippen molar-refractivity contribution in [2.45, 2.75) is 57.4 Å². The number of likely N-dealkylation sites (N-methyl/N-ethyl adjacent to an activating group) is 1. The summed E-state index contributed by atoms with van der Waals surface area (Å²) in [6, 6.07) is 0.189. The van der Waals surface area contributed by atoms with Gasteiger partial charge in [0.2, 0.25) is 5.91 Å². The number of aromatic nitrogens is 3. The van der Waals surface area contributed by atoms with Crippen LogP contribution in [0.3, 0.4) is 0 Å². The molecular weight excluding hydrogens is 320 g/mol. The molecule has 0 saturated carbocycles. The molecule has 128 valence electrons. The zero-order valence-corrected chi connectivity index (χ0v) is 15.4. The molecule has 2 aromatic heterocycles. The van der Waals surface area contributed by atoms with Crippen molar-refractivity contribution in [1.82, 2.24) is 19.7 Å². The Bertz CT molecular complexity index is 778. The van der Waals surface area contributed by atoms with Gasteiger partial charge in [0.15, 0.2) is 0 Å². The van der Waals surface area contributed by atoms with Crippen molar-refractivity contribution in [3.05, 3.63) is 33.0 Å². The summed E-state index contributed by atoms with van der Waals surface area (Å²) >= 11 is 1.76. The molecule has 2 unspecified atom stereocenters. The Balaban J connectivity index is 1.62. The lowest BCUT2D eigenvalue weighted by atomic mass is 9.85. The standard InChI is InChI=1S/C18H24N4OS/c1-11-19-15-8-5-9-16(17(15)24-11)22(3)18(23)12-6-4-7-14-13(12)10-21(2)20-14/h10,12,16H,4-9H2,1-3H3. The van der Waals surface area contributed by atoms with Crippen LogP contribution in [0.5, 0.6) is 0 Å². The van der Waals surface area contributed by atoms with Crippen LogP contribution >= 0.6 is 11.3 Å². The summed E-state index contributed by atoms with van der Waals surface area (Å²) in [7, 11) is 3.92. The zero-order chi connectivity index (χ0) is 16.8. The number of carbonyl (C=O) groups excluding carboxylic acids is 1. The van der Waals surface area contributed by atoms with E-state index in [1.807, 2.05) is 29.9 Å². The SMILES string of the molecule is Cc1nc2c(s1)C(N(C)C(=O)C1CCCc3nn(C)cc31)CCC2. The number of hydrogen-bond donors (Lipinski definition) is 0. The molecule has 4 rings (SSSR count). The molecule has 24 heavy (non-hydrogen) atoms. The molecule has 0 bridgehead atoms. The van der Waals surface area contributed by atoms with Crippen LogP contribution in [0.4, 0.5) is 0 Å². The smallest absolute Gasteiger partial charge is 0.230 e.